The van der Waals surface area contributed by atoms with Gasteiger partial charge in [-0.05, 0) is 82.1 Å². The summed E-state index contributed by atoms with van der Waals surface area (Å²) in [6.07, 6.45) is 3.92. The molecule has 2 aromatic heterocycles. The minimum Gasteiger partial charge on any atom is -0.456 e. The van der Waals surface area contributed by atoms with Crippen LogP contribution >= 0.6 is 0 Å². The van der Waals surface area contributed by atoms with E-state index in [-0.39, 0.29) is 0 Å². The van der Waals surface area contributed by atoms with Crippen molar-refractivity contribution in [2.75, 3.05) is 5.43 Å². The van der Waals surface area contributed by atoms with Crippen molar-refractivity contribution >= 4 is 66.8 Å². The second kappa shape index (κ2) is 12.0. The maximum absolute atomic E-state index is 9.08. The van der Waals surface area contributed by atoms with Crippen molar-refractivity contribution in [1.82, 2.24) is 9.97 Å². The Morgan fingerprint density at radius 1 is 0.538 bits per heavy atom. The van der Waals surface area contributed by atoms with E-state index in [0.29, 0.717) is 17.2 Å². The number of para-hydroxylation sites is 3. The molecule has 0 saturated carbocycles. The molecule has 9 aromatic rings. The van der Waals surface area contributed by atoms with Gasteiger partial charge in [-0.1, -0.05) is 109 Å². The molecule has 0 radical (unpaired) electrons. The Hall–Kier alpha value is -7.18. The normalized spacial score (nSPS) is 13.4. The number of benzene rings is 7. The monoisotopic (exact) mass is 667 g/mol. The third-order valence-electron chi connectivity index (χ3n) is 9.77. The number of aromatic nitrogens is 2. The van der Waals surface area contributed by atoms with Gasteiger partial charge in [0.2, 0.25) is 0 Å². The number of hydrogen-bond donors (Lipinski definition) is 2. The first-order chi connectivity index (χ1) is 25.7. The summed E-state index contributed by atoms with van der Waals surface area (Å²) < 4.78 is 6.24. The van der Waals surface area contributed by atoms with E-state index in [2.05, 4.69) is 95.5 Å². The molecule has 6 heteroatoms. The van der Waals surface area contributed by atoms with Crippen LogP contribution in [0.15, 0.2) is 167 Å². The molecular formula is C46H29N5O. The lowest BCUT2D eigenvalue weighted by Gasteiger charge is -2.17. The number of hydrogen-bond acceptors (Lipinski definition) is 6. The van der Waals surface area contributed by atoms with Crippen LogP contribution in [-0.4, -0.2) is 21.4 Å². The maximum Gasteiger partial charge on any atom is 0.160 e. The van der Waals surface area contributed by atoms with Crippen LogP contribution in [0.4, 0.5) is 5.69 Å². The van der Waals surface area contributed by atoms with Gasteiger partial charge in [0, 0.05) is 32.8 Å². The molecular weight excluding hydrogens is 639 g/mol. The topological polar surface area (TPSA) is 87.2 Å². The van der Waals surface area contributed by atoms with Crippen LogP contribution in [0.25, 0.3) is 83.5 Å². The van der Waals surface area contributed by atoms with Gasteiger partial charge in [-0.25, -0.2) is 9.97 Å². The number of hydrazone groups is 1. The average molecular weight is 668 g/mol. The molecule has 0 bridgehead atoms. The lowest BCUT2D eigenvalue weighted by molar-refractivity contribution is 0.669. The summed E-state index contributed by atoms with van der Waals surface area (Å²) in [5.74, 6) is 0.659. The third-order valence-corrected chi connectivity index (χ3v) is 9.77. The van der Waals surface area contributed by atoms with Crippen LogP contribution in [0.5, 0.6) is 0 Å². The van der Waals surface area contributed by atoms with Crippen LogP contribution < -0.4 is 5.43 Å². The summed E-state index contributed by atoms with van der Waals surface area (Å²) in [5.41, 5.74) is 14.3. The molecule has 1 aliphatic rings. The number of nitrogens with one attached hydrogen (secondary N) is 2. The molecule has 6 nitrogen and oxygen atoms in total. The van der Waals surface area contributed by atoms with Crippen LogP contribution in [0.2, 0.25) is 0 Å². The fourth-order valence-electron chi connectivity index (χ4n) is 7.19. The Bertz CT molecular complexity index is 2960. The van der Waals surface area contributed by atoms with E-state index < -0.39 is 0 Å². The highest BCUT2D eigenvalue weighted by molar-refractivity contribution is 6.55. The Kier molecular flexibility index (Phi) is 6.86. The molecule has 0 amide bonds. The van der Waals surface area contributed by atoms with Crippen molar-refractivity contribution in [2.45, 2.75) is 0 Å². The van der Waals surface area contributed by atoms with Crippen molar-refractivity contribution in [1.29, 1.82) is 5.41 Å². The van der Waals surface area contributed by atoms with Gasteiger partial charge in [0.25, 0.3) is 0 Å². The summed E-state index contributed by atoms with van der Waals surface area (Å²) in [4.78, 5) is 10.2. The summed E-state index contributed by atoms with van der Waals surface area (Å²) >= 11 is 0. The highest BCUT2D eigenvalue weighted by Gasteiger charge is 2.20. The molecule has 0 fully saturated rings. The van der Waals surface area contributed by atoms with Gasteiger partial charge >= 0.3 is 0 Å². The molecule has 0 spiro atoms. The number of allylic oxidation sites excluding steroid dienone is 1. The SMILES string of the molecule is N=C1/C(=N\Nc2ccccc2)C=Cc2ccc3cc(-c4cccc(-c5nc(-c6ccc7c(c6)oc6ccccc67)c6ccccc6n5)c4)ccc3c21. The standard InChI is InChI=1S/C46H29N5O/c47-44-40(51-50-34-11-2-1-3-12-34)24-21-28-17-18-31-25-30(19-22-35(31)43(28)44)29-9-8-10-33(26-29)46-48-39-15-6-4-14-38(39)45(49-46)32-20-23-37-36-13-5-7-16-41(36)52-42(37)27-32/h1-27,47,50H/b47-44?,51-40-. The van der Waals surface area contributed by atoms with Gasteiger partial charge < -0.3 is 4.42 Å². The minimum absolute atomic E-state index is 0.394. The minimum atomic E-state index is 0.394. The zero-order valence-corrected chi connectivity index (χ0v) is 27.8. The zero-order chi connectivity index (χ0) is 34.6. The average Bonchev–Trinajstić information content (AvgIpc) is 3.58. The lowest BCUT2D eigenvalue weighted by Crippen LogP contribution is -2.18. The lowest BCUT2D eigenvalue weighted by atomic mass is 9.88. The fraction of sp³-hybridized carbons (Fsp3) is 0. The predicted octanol–water partition coefficient (Wildman–Crippen LogP) is 11.5. The van der Waals surface area contributed by atoms with E-state index >= 15 is 0 Å². The van der Waals surface area contributed by atoms with Gasteiger partial charge in [-0.3, -0.25) is 10.8 Å². The zero-order valence-electron chi connectivity index (χ0n) is 27.8. The van der Waals surface area contributed by atoms with Gasteiger partial charge in [0.15, 0.2) is 5.82 Å². The van der Waals surface area contributed by atoms with E-state index in [1.54, 1.807) is 0 Å². The molecule has 244 valence electrons. The number of rotatable bonds is 5. The van der Waals surface area contributed by atoms with Crippen molar-refractivity contribution in [3.05, 3.63) is 169 Å². The molecule has 0 aliphatic heterocycles. The van der Waals surface area contributed by atoms with E-state index in [1.807, 2.05) is 78.9 Å². The summed E-state index contributed by atoms with van der Waals surface area (Å²) in [6.45, 7) is 0. The first-order valence-electron chi connectivity index (χ1n) is 17.2. The van der Waals surface area contributed by atoms with Gasteiger partial charge in [0.1, 0.15) is 16.9 Å². The summed E-state index contributed by atoms with van der Waals surface area (Å²) in [7, 11) is 0. The van der Waals surface area contributed by atoms with Gasteiger partial charge in [0.05, 0.1) is 22.6 Å². The van der Waals surface area contributed by atoms with E-state index in [9.17, 15) is 0 Å². The highest BCUT2D eigenvalue weighted by Crippen LogP contribution is 2.36. The second-order valence-electron chi connectivity index (χ2n) is 13.0. The molecule has 7 aromatic carbocycles. The predicted molar refractivity (Wildman–Crippen MR) is 214 cm³/mol. The highest BCUT2D eigenvalue weighted by atomic mass is 16.3. The molecule has 2 N–H and O–H groups in total. The largest absolute Gasteiger partial charge is 0.456 e. The second-order valence-corrected chi connectivity index (χ2v) is 13.0. The molecule has 0 saturated heterocycles. The molecule has 2 heterocycles. The van der Waals surface area contributed by atoms with E-state index in [1.165, 1.54) is 0 Å². The van der Waals surface area contributed by atoms with Gasteiger partial charge in [-0.15, -0.1) is 0 Å². The van der Waals surface area contributed by atoms with Crippen molar-refractivity contribution < 1.29 is 4.42 Å². The van der Waals surface area contributed by atoms with E-state index in [4.69, 9.17) is 19.8 Å². The van der Waals surface area contributed by atoms with Crippen LogP contribution in [0.1, 0.15) is 11.1 Å². The Morgan fingerprint density at radius 2 is 1.29 bits per heavy atom. The first kappa shape index (κ1) is 29.7. The van der Waals surface area contributed by atoms with Crippen molar-refractivity contribution in [3.63, 3.8) is 0 Å². The van der Waals surface area contributed by atoms with Crippen molar-refractivity contribution in [3.8, 4) is 33.8 Å². The van der Waals surface area contributed by atoms with E-state index in [0.717, 1.165) is 88.4 Å². The van der Waals surface area contributed by atoms with Crippen LogP contribution in [0.3, 0.4) is 0 Å². The molecule has 0 unspecified atom stereocenters. The third kappa shape index (κ3) is 5.05. The smallest absolute Gasteiger partial charge is 0.160 e. The Labute approximate surface area is 298 Å². The molecule has 0 atom stereocenters. The quantitative estimate of drug-likeness (QED) is 0.179. The van der Waals surface area contributed by atoms with Gasteiger partial charge in [-0.2, -0.15) is 5.10 Å². The molecule has 10 rings (SSSR count). The summed E-state index contributed by atoms with van der Waals surface area (Å²) in [5, 5.41) is 18.9. The fourth-order valence-corrected chi connectivity index (χ4v) is 7.19. The number of nitrogens with zero attached hydrogens (tertiary/aromatic N) is 3. The maximum atomic E-state index is 9.08. The van der Waals surface area contributed by atoms with Crippen LogP contribution in [0, 0.1) is 5.41 Å². The van der Waals surface area contributed by atoms with Crippen molar-refractivity contribution in [2.24, 2.45) is 5.10 Å². The Balaban J connectivity index is 1.02. The molecule has 1 aliphatic carbocycles. The first-order valence-corrected chi connectivity index (χ1v) is 17.2. The number of fused-ring (bicyclic) bond motifs is 7. The Morgan fingerprint density at radius 3 is 2.21 bits per heavy atom. The van der Waals surface area contributed by atoms with Crippen LogP contribution in [-0.2, 0) is 0 Å². The number of anilines is 1. The number of furan rings is 1. The summed E-state index contributed by atoms with van der Waals surface area (Å²) in [6, 6.07) is 51.4. The molecule has 52 heavy (non-hydrogen) atoms.